The third-order valence-corrected chi connectivity index (χ3v) is 6.39. The molecule has 0 aliphatic carbocycles. The van der Waals surface area contributed by atoms with Crippen LogP contribution in [0.25, 0.3) is 22.4 Å². The van der Waals surface area contributed by atoms with E-state index < -0.39 is 24.0 Å². The Morgan fingerprint density at radius 1 is 1.26 bits per heavy atom. The average molecular weight is 531 g/mol. The van der Waals surface area contributed by atoms with Gasteiger partial charge in [-0.05, 0) is 44.7 Å². The summed E-state index contributed by atoms with van der Waals surface area (Å²) < 4.78 is 57.2. The van der Waals surface area contributed by atoms with E-state index in [1.165, 1.54) is 10.8 Å². The fourth-order valence-electron chi connectivity index (χ4n) is 4.40. The third-order valence-electron chi connectivity index (χ3n) is 6.39. The van der Waals surface area contributed by atoms with Crippen molar-refractivity contribution < 1.29 is 22.4 Å². The van der Waals surface area contributed by atoms with Gasteiger partial charge in [0, 0.05) is 42.3 Å². The zero-order valence-electron chi connectivity index (χ0n) is 21.2. The summed E-state index contributed by atoms with van der Waals surface area (Å²) in [5.41, 5.74) is 0.208. The quantitative estimate of drug-likeness (QED) is 0.417. The number of piperidine rings is 1. The van der Waals surface area contributed by atoms with E-state index in [0.29, 0.717) is 24.0 Å². The van der Waals surface area contributed by atoms with Gasteiger partial charge in [-0.1, -0.05) is 24.8 Å². The van der Waals surface area contributed by atoms with Gasteiger partial charge in [0.05, 0.1) is 28.7 Å². The monoisotopic (exact) mass is 530 g/mol. The molecule has 2 N–H and O–H groups in total. The zero-order chi connectivity index (χ0) is 27.4. The topological polar surface area (TPSA) is 75.1 Å². The fraction of sp³-hybridized carbons (Fsp3) is 0.370. The van der Waals surface area contributed by atoms with E-state index in [4.69, 9.17) is 0 Å². The van der Waals surface area contributed by atoms with E-state index in [1.54, 1.807) is 42.6 Å². The number of fused-ring (bicyclic) bond motifs is 1. The first-order valence-electron chi connectivity index (χ1n) is 12.2. The third kappa shape index (κ3) is 6.58. The predicted octanol–water partition coefficient (Wildman–Crippen LogP) is 4.60. The van der Waals surface area contributed by atoms with Crippen LogP contribution in [-0.2, 0) is 11.3 Å². The molecule has 2 atom stereocenters. The molecule has 202 valence electrons. The van der Waals surface area contributed by atoms with Crippen molar-refractivity contribution in [2.45, 2.75) is 38.3 Å². The van der Waals surface area contributed by atoms with Crippen LogP contribution in [0.1, 0.15) is 23.5 Å². The number of hydrogen-bond donors (Lipinski definition) is 2. The van der Waals surface area contributed by atoms with Gasteiger partial charge in [0.15, 0.2) is 0 Å². The van der Waals surface area contributed by atoms with E-state index in [0.717, 1.165) is 5.69 Å². The Bertz CT molecular complexity index is 1350. The standard InChI is InChI=1S/C27H30F4N6O/c1-17-9-13-37(35-17)16-25(38)32-11-5-6-19-14-21-20(26(33-19)18(2)27(29,30)31)7-4-8-23(21)34-24-10-12-36(3)15-22(24)28/h4-9,13-14,22,24,34H,2,10-12,15-16H2,1,3H3,(H,32,38)/b6-5+/t22-,24+/m0/s1. The normalized spacial score (nSPS) is 18.7. The molecule has 38 heavy (non-hydrogen) atoms. The Morgan fingerprint density at radius 2 is 2.05 bits per heavy atom. The highest BCUT2D eigenvalue weighted by atomic mass is 19.4. The molecule has 4 rings (SSSR count). The molecule has 1 saturated heterocycles. The Morgan fingerprint density at radius 3 is 2.74 bits per heavy atom. The number of amides is 1. The second kappa shape index (κ2) is 11.3. The first kappa shape index (κ1) is 27.3. The molecular formula is C27H30F4N6O. The van der Waals surface area contributed by atoms with Crippen molar-refractivity contribution in [3.05, 3.63) is 66.3 Å². The van der Waals surface area contributed by atoms with Gasteiger partial charge in [0.1, 0.15) is 12.7 Å². The van der Waals surface area contributed by atoms with E-state index in [2.05, 4.69) is 27.3 Å². The van der Waals surface area contributed by atoms with Crippen molar-refractivity contribution in [1.29, 1.82) is 0 Å². The molecule has 1 amide bonds. The molecule has 1 fully saturated rings. The number of alkyl halides is 4. The minimum absolute atomic E-state index is 0.0486. The summed E-state index contributed by atoms with van der Waals surface area (Å²) in [5, 5.41) is 10.8. The number of hydrogen-bond acceptors (Lipinski definition) is 5. The van der Waals surface area contributed by atoms with Crippen LogP contribution in [0.3, 0.4) is 0 Å². The minimum Gasteiger partial charge on any atom is -0.379 e. The van der Waals surface area contributed by atoms with Crippen LogP contribution < -0.4 is 10.6 Å². The largest absolute Gasteiger partial charge is 0.417 e. The lowest BCUT2D eigenvalue weighted by molar-refractivity contribution is -0.121. The van der Waals surface area contributed by atoms with Crippen molar-refractivity contribution >= 4 is 34.0 Å². The van der Waals surface area contributed by atoms with Crippen LogP contribution in [0.15, 0.2) is 49.2 Å². The van der Waals surface area contributed by atoms with Gasteiger partial charge in [-0.2, -0.15) is 18.3 Å². The molecule has 3 aromatic rings. The van der Waals surface area contributed by atoms with Crippen LogP contribution in [-0.4, -0.2) is 70.6 Å². The second-order valence-corrected chi connectivity index (χ2v) is 9.45. The van der Waals surface area contributed by atoms with Crippen LogP contribution in [0, 0.1) is 6.92 Å². The number of aromatic nitrogens is 3. The number of carbonyl (C=O) groups is 1. The summed E-state index contributed by atoms with van der Waals surface area (Å²) in [6.07, 6.45) is -0.403. The highest BCUT2D eigenvalue weighted by Gasteiger charge is 2.35. The van der Waals surface area contributed by atoms with Gasteiger partial charge in [0.2, 0.25) is 5.91 Å². The van der Waals surface area contributed by atoms with Gasteiger partial charge in [0.25, 0.3) is 0 Å². The summed E-state index contributed by atoms with van der Waals surface area (Å²) in [6, 6.07) is 7.86. The van der Waals surface area contributed by atoms with Gasteiger partial charge < -0.3 is 15.5 Å². The summed E-state index contributed by atoms with van der Waals surface area (Å²) in [5.74, 6) is -0.263. The van der Waals surface area contributed by atoms with Crippen LogP contribution in [0.5, 0.6) is 0 Å². The number of nitrogens with zero attached hydrogens (tertiary/aromatic N) is 4. The van der Waals surface area contributed by atoms with Gasteiger partial charge in [-0.15, -0.1) is 0 Å². The van der Waals surface area contributed by atoms with Crippen LogP contribution in [0.2, 0.25) is 0 Å². The second-order valence-electron chi connectivity index (χ2n) is 9.45. The van der Waals surface area contributed by atoms with Gasteiger partial charge >= 0.3 is 6.18 Å². The maximum Gasteiger partial charge on any atom is 0.417 e. The lowest BCUT2D eigenvalue weighted by Crippen LogP contribution is -2.46. The number of allylic oxidation sites excluding steroid dienone is 1. The Hall–Kier alpha value is -3.73. The fourth-order valence-corrected chi connectivity index (χ4v) is 4.40. The molecule has 2 aromatic heterocycles. The average Bonchev–Trinajstić information content (AvgIpc) is 3.26. The van der Waals surface area contributed by atoms with E-state index in [9.17, 15) is 22.4 Å². The number of rotatable bonds is 8. The van der Waals surface area contributed by atoms with Gasteiger partial charge in [-0.25, -0.2) is 9.37 Å². The summed E-state index contributed by atoms with van der Waals surface area (Å²) in [4.78, 5) is 18.3. The molecule has 1 aliphatic rings. The van der Waals surface area contributed by atoms with E-state index in [1.807, 2.05) is 18.9 Å². The molecule has 0 radical (unpaired) electrons. The molecule has 7 nitrogen and oxygen atoms in total. The molecule has 1 aromatic carbocycles. The maximum absolute atomic E-state index is 14.7. The zero-order valence-corrected chi connectivity index (χ0v) is 21.2. The lowest BCUT2D eigenvalue weighted by atomic mass is 9.99. The van der Waals surface area contributed by atoms with E-state index >= 15 is 0 Å². The smallest absolute Gasteiger partial charge is 0.379 e. The minimum atomic E-state index is -4.68. The van der Waals surface area contributed by atoms with Crippen molar-refractivity contribution in [3.8, 4) is 0 Å². The Balaban J connectivity index is 1.59. The van der Waals surface area contributed by atoms with Crippen molar-refractivity contribution in [1.82, 2.24) is 25.0 Å². The van der Waals surface area contributed by atoms with Crippen molar-refractivity contribution in [2.24, 2.45) is 0 Å². The SMILES string of the molecule is C=C(c1nc(/C=C/CNC(=O)Cn2ccc(C)n2)cc2c(N[C@@H]3CCN(C)C[C@@H]3F)cccc12)C(F)(F)F. The molecule has 0 bridgehead atoms. The van der Waals surface area contributed by atoms with Crippen LogP contribution >= 0.6 is 0 Å². The first-order chi connectivity index (χ1) is 18.0. The molecular weight excluding hydrogens is 500 g/mol. The number of anilines is 1. The van der Waals surface area contributed by atoms with Crippen LogP contribution in [0.4, 0.5) is 23.2 Å². The Labute approximate surface area is 218 Å². The molecule has 0 spiro atoms. The highest BCUT2D eigenvalue weighted by Crippen LogP contribution is 2.37. The number of halogens is 4. The molecule has 11 heteroatoms. The number of benzene rings is 1. The number of pyridine rings is 1. The summed E-state index contributed by atoms with van der Waals surface area (Å²) in [7, 11) is 1.85. The number of nitrogens with one attached hydrogen (secondary N) is 2. The predicted molar refractivity (Wildman–Crippen MR) is 140 cm³/mol. The first-order valence-corrected chi connectivity index (χ1v) is 12.2. The lowest BCUT2D eigenvalue weighted by Gasteiger charge is -2.33. The summed E-state index contributed by atoms with van der Waals surface area (Å²) >= 11 is 0. The molecule has 0 saturated carbocycles. The molecule has 3 heterocycles. The molecule has 1 aliphatic heterocycles. The van der Waals surface area contributed by atoms with Crippen molar-refractivity contribution in [2.75, 3.05) is 32.0 Å². The van der Waals surface area contributed by atoms with Crippen molar-refractivity contribution in [3.63, 3.8) is 0 Å². The van der Waals surface area contributed by atoms with E-state index in [-0.39, 0.29) is 42.3 Å². The molecule has 0 unspecified atom stereocenters. The number of carbonyl (C=O) groups excluding carboxylic acids is 1. The highest BCUT2D eigenvalue weighted by molar-refractivity contribution is 6.00. The number of likely N-dealkylation sites (tertiary alicyclic amines) is 1. The van der Waals surface area contributed by atoms with Gasteiger partial charge in [-0.3, -0.25) is 9.48 Å². The number of aryl methyl sites for hydroxylation is 1. The summed E-state index contributed by atoms with van der Waals surface area (Å²) in [6.45, 7) is 6.25. The maximum atomic E-state index is 14.7. The Kier molecular flexibility index (Phi) is 8.15.